The van der Waals surface area contributed by atoms with Crippen molar-refractivity contribution >= 4 is 44.7 Å². The fourth-order valence-corrected chi connectivity index (χ4v) is 4.72. The van der Waals surface area contributed by atoms with Gasteiger partial charge in [-0.25, -0.2) is 0 Å². The lowest BCUT2D eigenvalue weighted by Crippen LogP contribution is -2.39. The smallest absolute Gasteiger partial charge is 0.301 e. The number of fused-ring (bicyclic) bond motifs is 1. The molecule has 1 unspecified atom stereocenters. The molecule has 2 heterocycles. The van der Waals surface area contributed by atoms with Crippen LogP contribution in [0.15, 0.2) is 76.3 Å². The molecule has 2 aliphatic heterocycles. The Hall–Kier alpha value is -4.05. The molecule has 0 N–H and O–H groups in total. The number of non-ortho nitro benzene ring substituents is 1. The van der Waals surface area contributed by atoms with E-state index in [0.29, 0.717) is 33.5 Å². The molecule has 2 aliphatic rings. The molecule has 0 spiro atoms. The molecule has 3 aromatic rings. The number of halogens is 1. The van der Waals surface area contributed by atoms with Gasteiger partial charge in [-0.05, 0) is 35.9 Å². The Morgan fingerprint density at radius 1 is 1.11 bits per heavy atom. The van der Waals surface area contributed by atoms with Crippen LogP contribution in [-0.2, 0) is 4.79 Å². The maximum Gasteiger partial charge on any atom is 0.301 e. The first-order chi connectivity index (χ1) is 16.9. The number of hydrogen-bond acceptors (Lipinski definition) is 7. The minimum Gasteiger partial charge on any atom is -0.497 e. The topological polar surface area (TPSA) is 105 Å². The zero-order valence-corrected chi connectivity index (χ0v) is 20.1. The molecule has 0 aromatic heterocycles. The highest BCUT2D eigenvalue weighted by Crippen LogP contribution is 2.37. The van der Waals surface area contributed by atoms with Gasteiger partial charge in [-0.3, -0.25) is 29.6 Å². The average Bonchev–Trinajstić information content (AvgIpc) is 3.39. The number of hydrogen-bond donors (Lipinski definition) is 0. The summed E-state index contributed by atoms with van der Waals surface area (Å²) >= 11 is 3.34. The summed E-state index contributed by atoms with van der Waals surface area (Å²) < 4.78 is 6.04. The first kappa shape index (κ1) is 22.7. The van der Waals surface area contributed by atoms with Crippen LogP contribution < -0.4 is 9.64 Å². The summed E-state index contributed by atoms with van der Waals surface area (Å²) in [5.41, 5.74) is 3.08. The van der Waals surface area contributed by atoms with Gasteiger partial charge >= 0.3 is 5.91 Å². The molecule has 1 atom stereocenters. The molecular formula is C25H19BrN4O5. The molecule has 0 aliphatic carbocycles. The van der Waals surface area contributed by atoms with Crippen molar-refractivity contribution in [1.82, 2.24) is 5.01 Å². The molecule has 9 nitrogen and oxygen atoms in total. The zero-order valence-electron chi connectivity index (χ0n) is 18.6. The lowest BCUT2D eigenvalue weighted by Gasteiger charge is -2.28. The van der Waals surface area contributed by atoms with Crippen LogP contribution in [0, 0.1) is 10.1 Å². The molecule has 10 heteroatoms. The number of nitro benzene ring substituents is 1. The summed E-state index contributed by atoms with van der Waals surface area (Å²) in [7, 11) is 1.58. The Morgan fingerprint density at radius 2 is 1.91 bits per heavy atom. The molecule has 176 valence electrons. The second-order valence-corrected chi connectivity index (χ2v) is 9.07. The van der Waals surface area contributed by atoms with Gasteiger partial charge in [0.05, 0.1) is 35.0 Å². The number of hydrazone groups is 1. The number of carbonyl (C=O) groups excluding carboxylic acids is 2. The number of amides is 1. The van der Waals surface area contributed by atoms with E-state index < -0.39 is 16.6 Å². The average molecular weight is 535 g/mol. The third-order valence-electron chi connectivity index (χ3n) is 6.08. The summed E-state index contributed by atoms with van der Waals surface area (Å²) in [6.07, 6.45) is 0.456. The van der Waals surface area contributed by atoms with Crippen molar-refractivity contribution < 1.29 is 19.2 Å². The van der Waals surface area contributed by atoms with Crippen LogP contribution >= 0.6 is 15.9 Å². The quantitative estimate of drug-likeness (QED) is 0.257. The summed E-state index contributed by atoms with van der Waals surface area (Å²) in [4.78, 5) is 37.8. The van der Waals surface area contributed by atoms with Gasteiger partial charge in [0.15, 0.2) is 0 Å². The van der Waals surface area contributed by atoms with Gasteiger partial charge < -0.3 is 4.74 Å². The predicted octanol–water partition coefficient (Wildman–Crippen LogP) is 4.70. The third kappa shape index (κ3) is 4.17. The van der Waals surface area contributed by atoms with Gasteiger partial charge in [-0.15, -0.1) is 0 Å². The van der Waals surface area contributed by atoms with Gasteiger partial charge in [-0.1, -0.05) is 40.2 Å². The molecule has 0 fully saturated rings. The van der Waals surface area contributed by atoms with Crippen molar-refractivity contribution in [2.45, 2.75) is 12.5 Å². The van der Waals surface area contributed by atoms with Crippen LogP contribution in [0.2, 0.25) is 0 Å². The first-order valence-corrected chi connectivity index (χ1v) is 11.5. The Bertz CT molecular complexity index is 1410. The van der Waals surface area contributed by atoms with E-state index in [2.05, 4.69) is 15.9 Å². The Morgan fingerprint density at radius 3 is 2.69 bits per heavy atom. The maximum atomic E-state index is 12.9. The highest BCUT2D eigenvalue weighted by Gasteiger charge is 2.39. The molecule has 1 amide bonds. The Balaban J connectivity index is 1.54. The summed E-state index contributed by atoms with van der Waals surface area (Å²) in [5.74, 6) is -0.541. The molecule has 35 heavy (non-hydrogen) atoms. The number of anilines is 1. The van der Waals surface area contributed by atoms with Gasteiger partial charge in [0, 0.05) is 28.6 Å². The van der Waals surface area contributed by atoms with Crippen molar-refractivity contribution in [3.05, 3.63) is 98.0 Å². The molecule has 3 aromatic carbocycles. The highest BCUT2D eigenvalue weighted by molar-refractivity contribution is 9.10. The van der Waals surface area contributed by atoms with Crippen LogP contribution in [0.25, 0.3) is 0 Å². The monoisotopic (exact) mass is 534 g/mol. The summed E-state index contributed by atoms with van der Waals surface area (Å²) in [6.45, 7) is 0.0139. The van der Waals surface area contributed by atoms with Crippen LogP contribution in [0.1, 0.15) is 33.9 Å². The number of Topliss-reactive ketones (excluding diaryl/α,β-unsaturated/α-hetero) is 1. The van der Waals surface area contributed by atoms with E-state index in [1.165, 1.54) is 17.0 Å². The van der Waals surface area contributed by atoms with E-state index in [9.17, 15) is 19.7 Å². The van der Waals surface area contributed by atoms with Crippen molar-refractivity contribution in [2.75, 3.05) is 18.7 Å². The van der Waals surface area contributed by atoms with E-state index in [1.807, 2.05) is 24.3 Å². The fraction of sp³-hybridized carbons (Fsp3) is 0.160. The van der Waals surface area contributed by atoms with E-state index >= 15 is 0 Å². The molecule has 0 radical (unpaired) electrons. The van der Waals surface area contributed by atoms with E-state index in [4.69, 9.17) is 9.84 Å². The molecule has 0 saturated heterocycles. The van der Waals surface area contributed by atoms with Crippen molar-refractivity contribution in [3.63, 3.8) is 0 Å². The van der Waals surface area contributed by atoms with Gasteiger partial charge in [-0.2, -0.15) is 5.10 Å². The van der Waals surface area contributed by atoms with E-state index in [0.717, 1.165) is 11.3 Å². The molecule has 5 rings (SSSR count). The molecular weight excluding hydrogens is 516 g/mol. The number of benzene rings is 3. The second-order valence-electron chi connectivity index (χ2n) is 8.16. The number of nitro groups is 1. The minimum atomic E-state index is -0.638. The number of carbonyl (C=O) groups is 2. The number of rotatable bonds is 6. The van der Waals surface area contributed by atoms with Crippen LogP contribution in [0.4, 0.5) is 11.4 Å². The van der Waals surface area contributed by atoms with Crippen LogP contribution in [-0.4, -0.2) is 41.1 Å². The van der Waals surface area contributed by atoms with Crippen molar-refractivity contribution in [3.8, 4) is 5.75 Å². The molecule has 0 bridgehead atoms. The number of methoxy groups -OCH3 is 1. The van der Waals surface area contributed by atoms with Gasteiger partial charge in [0.1, 0.15) is 12.4 Å². The lowest BCUT2D eigenvalue weighted by molar-refractivity contribution is -0.385. The SMILES string of the molecule is COc1cccc(C2=NN(CN3C(=O)C(=O)c4cc(Br)ccc43)C(c3cccc([N+](=O)[O-])c3)C2)c1. The Labute approximate surface area is 208 Å². The number of ketones is 1. The maximum absolute atomic E-state index is 12.9. The van der Waals surface area contributed by atoms with Crippen LogP contribution in [0.3, 0.4) is 0 Å². The Kier molecular flexibility index (Phi) is 5.81. The van der Waals surface area contributed by atoms with Gasteiger partial charge in [0.25, 0.3) is 11.5 Å². The van der Waals surface area contributed by atoms with Crippen molar-refractivity contribution in [1.29, 1.82) is 0 Å². The number of nitrogens with zero attached hydrogens (tertiary/aromatic N) is 4. The van der Waals surface area contributed by atoms with Crippen molar-refractivity contribution in [2.24, 2.45) is 5.10 Å². The highest BCUT2D eigenvalue weighted by atomic mass is 79.9. The number of ether oxygens (including phenoxy) is 1. The fourth-order valence-electron chi connectivity index (χ4n) is 4.36. The standard InChI is InChI=1S/C25H19BrN4O5/c1-35-19-7-3-4-15(11-19)21-13-23(16-5-2-6-18(10-16)30(33)34)29(27-21)14-28-22-9-8-17(26)12-20(22)24(31)25(28)32/h2-12,23H,13-14H2,1H3. The predicted molar refractivity (Wildman–Crippen MR) is 133 cm³/mol. The second kappa shape index (κ2) is 8.95. The third-order valence-corrected chi connectivity index (χ3v) is 6.58. The van der Waals surface area contributed by atoms with Gasteiger partial charge in [0.2, 0.25) is 0 Å². The zero-order chi connectivity index (χ0) is 24.7. The minimum absolute atomic E-state index is 0.0139. The summed E-state index contributed by atoms with van der Waals surface area (Å²) in [6, 6.07) is 18.6. The first-order valence-electron chi connectivity index (χ1n) is 10.7. The largest absolute Gasteiger partial charge is 0.497 e. The summed E-state index contributed by atoms with van der Waals surface area (Å²) in [5, 5.41) is 17.9. The van der Waals surface area contributed by atoms with E-state index in [1.54, 1.807) is 42.5 Å². The normalized spacial score (nSPS) is 17.0. The lowest BCUT2D eigenvalue weighted by atomic mass is 9.98. The van der Waals surface area contributed by atoms with Crippen LogP contribution in [0.5, 0.6) is 5.75 Å². The van der Waals surface area contributed by atoms with E-state index in [-0.39, 0.29) is 18.4 Å². The molecule has 0 saturated carbocycles.